The van der Waals surface area contributed by atoms with Gasteiger partial charge in [-0.05, 0) is 23.8 Å². The summed E-state index contributed by atoms with van der Waals surface area (Å²) in [5.74, 6) is -0.902. The van der Waals surface area contributed by atoms with Crippen molar-refractivity contribution in [3.63, 3.8) is 0 Å². The quantitative estimate of drug-likeness (QED) is 0.743. The van der Waals surface area contributed by atoms with Gasteiger partial charge in [0.25, 0.3) is 0 Å². The molecule has 3 rings (SSSR count). The molecule has 2 heterocycles. The van der Waals surface area contributed by atoms with E-state index in [0.29, 0.717) is 11.1 Å². The lowest BCUT2D eigenvalue weighted by Gasteiger charge is -2.02. The number of nitrogens with zero attached hydrogens (tertiary/aromatic N) is 1. The predicted molar refractivity (Wildman–Crippen MR) is 69.8 cm³/mol. The lowest BCUT2D eigenvalue weighted by molar-refractivity contribution is 0.0699. The first-order chi connectivity index (χ1) is 8.77. The lowest BCUT2D eigenvalue weighted by atomic mass is 10.1. The average molecular weight is 237 g/mol. The molecule has 0 atom stereocenters. The highest BCUT2D eigenvalue weighted by atomic mass is 16.4. The molecule has 88 valence electrons. The molecule has 0 unspecified atom stereocenters. The number of aromatic carboxylic acids is 1. The Kier molecular flexibility index (Phi) is 2.38. The maximum Gasteiger partial charge on any atom is 0.337 e. The molecule has 1 aromatic carbocycles. The monoisotopic (exact) mass is 237 g/mol. The van der Waals surface area contributed by atoms with E-state index in [0.717, 1.165) is 11.3 Å². The number of carboxylic acids is 1. The van der Waals surface area contributed by atoms with Gasteiger partial charge in [-0.2, -0.15) is 0 Å². The molecule has 0 spiro atoms. The van der Waals surface area contributed by atoms with Crippen LogP contribution in [0.25, 0.3) is 16.8 Å². The zero-order valence-corrected chi connectivity index (χ0v) is 9.58. The van der Waals surface area contributed by atoms with Crippen LogP contribution in [0.5, 0.6) is 0 Å². The molecule has 0 fully saturated rings. The van der Waals surface area contributed by atoms with Crippen LogP contribution in [-0.4, -0.2) is 15.5 Å². The Balaban J connectivity index is 2.34. The molecular formula is C15H11NO2. The molecule has 3 nitrogen and oxygen atoms in total. The van der Waals surface area contributed by atoms with Crippen molar-refractivity contribution in [3.05, 3.63) is 66.4 Å². The van der Waals surface area contributed by atoms with E-state index in [9.17, 15) is 9.90 Å². The van der Waals surface area contributed by atoms with Crippen molar-refractivity contribution in [2.24, 2.45) is 0 Å². The van der Waals surface area contributed by atoms with Crippen molar-refractivity contribution in [1.82, 2.24) is 4.40 Å². The number of carboxylic acid groups (broad SMARTS) is 1. The van der Waals surface area contributed by atoms with Gasteiger partial charge < -0.3 is 9.51 Å². The lowest BCUT2D eigenvalue weighted by Crippen LogP contribution is -1.94. The van der Waals surface area contributed by atoms with Crippen LogP contribution >= 0.6 is 0 Å². The third-order valence-electron chi connectivity index (χ3n) is 2.98. The van der Waals surface area contributed by atoms with E-state index in [-0.39, 0.29) is 0 Å². The Bertz CT molecular complexity index is 714. The van der Waals surface area contributed by atoms with E-state index in [1.165, 1.54) is 0 Å². The molecular weight excluding hydrogens is 226 g/mol. The van der Waals surface area contributed by atoms with Crippen LogP contribution in [0.2, 0.25) is 0 Å². The summed E-state index contributed by atoms with van der Waals surface area (Å²) in [5, 5.41) is 9.23. The van der Waals surface area contributed by atoms with Crippen molar-refractivity contribution < 1.29 is 9.90 Å². The summed E-state index contributed by atoms with van der Waals surface area (Å²) in [5.41, 5.74) is 2.94. The number of fused-ring (bicyclic) bond motifs is 1. The molecule has 0 amide bonds. The zero-order chi connectivity index (χ0) is 12.5. The van der Waals surface area contributed by atoms with Crippen molar-refractivity contribution in [3.8, 4) is 11.3 Å². The number of carbonyl (C=O) groups is 1. The molecule has 0 saturated carbocycles. The normalized spacial score (nSPS) is 10.7. The highest BCUT2D eigenvalue weighted by molar-refractivity contribution is 5.98. The fourth-order valence-electron chi connectivity index (χ4n) is 2.16. The SMILES string of the molecule is O=C(O)c1cc(-c2ccccc2)n2ccccc12. The van der Waals surface area contributed by atoms with Crippen LogP contribution in [0.1, 0.15) is 10.4 Å². The van der Waals surface area contributed by atoms with Crippen LogP contribution < -0.4 is 0 Å². The molecule has 0 bridgehead atoms. The minimum absolute atomic E-state index is 0.328. The Hall–Kier alpha value is -2.55. The first-order valence-corrected chi connectivity index (χ1v) is 5.66. The van der Waals surface area contributed by atoms with Crippen molar-refractivity contribution >= 4 is 11.5 Å². The summed E-state index contributed by atoms with van der Waals surface area (Å²) < 4.78 is 1.90. The van der Waals surface area contributed by atoms with Crippen molar-refractivity contribution in [2.45, 2.75) is 0 Å². The van der Waals surface area contributed by atoms with E-state index in [1.54, 1.807) is 6.07 Å². The van der Waals surface area contributed by atoms with Crippen LogP contribution in [0.3, 0.4) is 0 Å². The summed E-state index contributed by atoms with van der Waals surface area (Å²) in [4.78, 5) is 11.2. The predicted octanol–water partition coefficient (Wildman–Crippen LogP) is 3.30. The molecule has 18 heavy (non-hydrogen) atoms. The van der Waals surface area contributed by atoms with E-state index in [4.69, 9.17) is 0 Å². The van der Waals surface area contributed by atoms with Crippen LogP contribution in [0.15, 0.2) is 60.8 Å². The molecule has 2 aromatic heterocycles. The molecule has 0 radical (unpaired) electrons. The Morgan fingerprint density at radius 3 is 2.44 bits per heavy atom. The number of hydrogen-bond acceptors (Lipinski definition) is 1. The summed E-state index contributed by atoms with van der Waals surface area (Å²) in [7, 11) is 0. The molecule has 1 N–H and O–H groups in total. The molecule has 0 saturated heterocycles. The van der Waals surface area contributed by atoms with Crippen molar-refractivity contribution in [1.29, 1.82) is 0 Å². The number of benzene rings is 1. The smallest absolute Gasteiger partial charge is 0.337 e. The van der Waals surface area contributed by atoms with Gasteiger partial charge in [0.2, 0.25) is 0 Å². The molecule has 0 aliphatic rings. The summed E-state index contributed by atoms with van der Waals surface area (Å²) in [6, 6.07) is 17.0. The standard InChI is InChI=1S/C15H11NO2/c17-15(18)12-10-14(11-6-2-1-3-7-11)16-9-5-4-8-13(12)16/h1-10H,(H,17,18). The highest BCUT2D eigenvalue weighted by Crippen LogP contribution is 2.25. The minimum atomic E-state index is -0.902. The Morgan fingerprint density at radius 1 is 1.00 bits per heavy atom. The minimum Gasteiger partial charge on any atom is -0.478 e. The van der Waals surface area contributed by atoms with E-state index >= 15 is 0 Å². The van der Waals surface area contributed by atoms with Gasteiger partial charge in [0.15, 0.2) is 0 Å². The molecule has 3 heteroatoms. The molecule has 3 aromatic rings. The Morgan fingerprint density at radius 2 is 1.72 bits per heavy atom. The third kappa shape index (κ3) is 1.57. The van der Waals surface area contributed by atoms with E-state index in [1.807, 2.05) is 59.1 Å². The van der Waals surface area contributed by atoms with Gasteiger partial charge in [-0.25, -0.2) is 4.79 Å². The Labute approximate surface area is 104 Å². The number of rotatable bonds is 2. The van der Waals surface area contributed by atoms with Gasteiger partial charge in [-0.15, -0.1) is 0 Å². The molecule has 0 aliphatic carbocycles. The van der Waals surface area contributed by atoms with Gasteiger partial charge in [-0.3, -0.25) is 0 Å². The number of aromatic nitrogens is 1. The highest BCUT2D eigenvalue weighted by Gasteiger charge is 2.14. The van der Waals surface area contributed by atoms with Gasteiger partial charge in [0.05, 0.1) is 16.8 Å². The maximum absolute atomic E-state index is 11.2. The molecule has 0 aliphatic heterocycles. The van der Waals surface area contributed by atoms with E-state index < -0.39 is 5.97 Å². The second-order valence-electron chi connectivity index (χ2n) is 4.07. The summed E-state index contributed by atoms with van der Waals surface area (Å²) in [6.45, 7) is 0. The van der Waals surface area contributed by atoms with Gasteiger partial charge in [0.1, 0.15) is 0 Å². The van der Waals surface area contributed by atoms with Crippen LogP contribution in [-0.2, 0) is 0 Å². The van der Waals surface area contributed by atoms with E-state index in [2.05, 4.69) is 0 Å². The third-order valence-corrected chi connectivity index (χ3v) is 2.98. The summed E-state index contributed by atoms with van der Waals surface area (Å²) in [6.07, 6.45) is 1.88. The average Bonchev–Trinajstić information content (AvgIpc) is 2.79. The van der Waals surface area contributed by atoms with Crippen LogP contribution in [0, 0.1) is 0 Å². The second kappa shape index (κ2) is 4.04. The van der Waals surface area contributed by atoms with Crippen LogP contribution in [0.4, 0.5) is 0 Å². The number of pyridine rings is 1. The maximum atomic E-state index is 11.2. The van der Waals surface area contributed by atoms with Gasteiger partial charge in [-0.1, -0.05) is 36.4 Å². The zero-order valence-electron chi connectivity index (χ0n) is 9.58. The fraction of sp³-hybridized carbons (Fsp3) is 0. The first kappa shape index (κ1) is 10.6. The van der Waals surface area contributed by atoms with Gasteiger partial charge in [0, 0.05) is 6.20 Å². The van der Waals surface area contributed by atoms with Crippen molar-refractivity contribution in [2.75, 3.05) is 0 Å². The first-order valence-electron chi connectivity index (χ1n) is 5.66. The topological polar surface area (TPSA) is 41.7 Å². The second-order valence-corrected chi connectivity index (χ2v) is 4.07. The summed E-state index contributed by atoms with van der Waals surface area (Å²) >= 11 is 0. The number of hydrogen-bond donors (Lipinski definition) is 1. The largest absolute Gasteiger partial charge is 0.478 e. The van der Waals surface area contributed by atoms with Gasteiger partial charge >= 0.3 is 5.97 Å². The fourth-order valence-corrected chi connectivity index (χ4v) is 2.16.